The molecule has 0 N–H and O–H groups in total. The Morgan fingerprint density at radius 2 is 2.00 bits per heavy atom. The molecule has 0 radical (unpaired) electrons. The molecule has 0 aliphatic heterocycles. The zero-order valence-electron chi connectivity index (χ0n) is 6.23. The fraction of sp³-hybridized carbons (Fsp3) is 0.125. The van der Waals surface area contributed by atoms with Gasteiger partial charge in [-0.15, -0.1) is 0 Å². The Bertz CT molecular complexity index is 315. The summed E-state index contributed by atoms with van der Waals surface area (Å²) in [6.45, 7) is 0. The molecule has 0 unspecified atom stereocenters. The number of aldehydes is 1. The van der Waals surface area contributed by atoms with Crippen LogP contribution in [0.4, 0.5) is 13.2 Å². The number of hydrogen-bond acceptors (Lipinski definition) is 1. The molecule has 0 heterocycles. The highest BCUT2D eigenvalue weighted by Gasteiger charge is 2.14. The average Bonchev–Trinajstić information content (AvgIpc) is 2.03. The molecule has 0 aromatic heterocycles. The first-order chi connectivity index (χ1) is 6.06. The number of rotatable bonds is 2. The van der Waals surface area contributed by atoms with Gasteiger partial charge in [0.05, 0.1) is 10.6 Å². The first-order valence-corrected chi connectivity index (χ1v) is 3.66. The molecule has 0 amide bonds. The molecule has 1 aromatic carbocycles. The first kappa shape index (κ1) is 10.1. The van der Waals surface area contributed by atoms with Crippen molar-refractivity contribution in [1.82, 2.24) is 0 Å². The fourth-order valence-electron chi connectivity index (χ4n) is 0.842. The third-order valence-corrected chi connectivity index (χ3v) is 1.78. The van der Waals surface area contributed by atoms with Crippen LogP contribution < -0.4 is 0 Å². The van der Waals surface area contributed by atoms with Crippen molar-refractivity contribution in [3.63, 3.8) is 0 Å². The van der Waals surface area contributed by atoms with E-state index in [0.717, 1.165) is 6.07 Å². The Hall–Kier alpha value is -1.03. The smallest absolute Gasteiger partial charge is 0.264 e. The summed E-state index contributed by atoms with van der Waals surface area (Å²) in [5.74, 6) is -1.03. The summed E-state index contributed by atoms with van der Waals surface area (Å²) in [4.78, 5) is 10.2. The Labute approximate surface area is 77.1 Å². The van der Waals surface area contributed by atoms with Crippen LogP contribution in [0.15, 0.2) is 12.1 Å². The van der Waals surface area contributed by atoms with Crippen LogP contribution in [-0.2, 0) is 0 Å². The van der Waals surface area contributed by atoms with Gasteiger partial charge in [-0.3, -0.25) is 4.79 Å². The summed E-state index contributed by atoms with van der Waals surface area (Å²) in [7, 11) is 0. The predicted molar refractivity (Wildman–Crippen MR) is 41.8 cm³/mol. The molecule has 0 bridgehead atoms. The van der Waals surface area contributed by atoms with E-state index in [1.807, 2.05) is 0 Å². The van der Waals surface area contributed by atoms with Crippen LogP contribution in [0.2, 0.25) is 5.02 Å². The minimum atomic E-state index is -2.80. The molecule has 1 rings (SSSR count). The number of benzene rings is 1. The van der Waals surface area contributed by atoms with E-state index in [-0.39, 0.29) is 11.3 Å². The van der Waals surface area contributed by atoms with E-state index in [2.05, 4.69) is 0 Å². The summed E-state index contributed by atoms with van der Waals surface area (Å²) in [5.41, 5.74) is -0.931. The third-order valence-electron chi connectivity index (χ3n) is 1.47. The molecule has 1 aromatic rings. The van der Waals surface area contributed by atoms with E-state index in [1.54, 1.807) is 0 Å². The average molecular weight is 209 g/mol. The van der Waals surface area contributed by atoms with Gasteiger partial charge < -0.3 is 0 Å². The Balaban J connectivity index is 3.28. The quantitative estimate of drug-likeness (QED) is 0.682. The van der Waals surface area contributed by atoms with E-state index < -0.39 is 23.4 Å². The predicted octanol–water partition coefficient (Wildman–Crippen LogP) is 3.23. The lowest BCUT2D eigenvalue weighted by Crippen LogP contribution is -1.93. The SMILES string of the molecule is O=Cc1c(F)cc(C(F)F)cc1Cl. The molecule has 70 valence electrons. The molecule has 0 spiro atoms. The zero-order chi connectivity index (χ0) is 10.0. The minimum Gasteiger partial charge on any atom is -0.298 e. The first-order valence-electron chi connectivity index (χ1n) is 3.28. The van der Waals surface area contributed by atoms with Crippen molar-refractivity contribution in [2.75, 3.05) is 0 Å². The van der Waals surface area contributed by atoms with Gasteiger partial charge in [-0.05, 0) is 12.1 Å². The Kier molecular flexibility index (Phi) is 2.93. The van der Waals surface area contributed by atoms with Gasteiger partial charge >= 0.3 is 0 Å². The van der Waals surface area contributed by atoms with E-state index in [4.69, 9.17) is 11.6 Å². The van der Waals surface area contributed by atoms with Gasteiger partial charge in [0.2, 0.25) is 0 Å². The molecule has 0 aliphatic carbocycles. The monoisotopic (exact) mass is 208 g/mol. The molecule has 0 saturated carbocycles. The number of carbonyl (C=O) groups excluding carboxylic acids is 1. The van der Waals surface area contributed by atoms with E-state index in [9.17, 15) is 18.0 Å². The highest BCUT2D eigenvalue weighted by molar-refractivity contribution is 6.33. The molecule has 0 fully saturated rings. The lowest BCUT2D eigenvalue weighted by molar-refractivity contribution is 0.111. The number of hydrogen-bond donors (Lipinski definition) is 0. The van der Waals surface area contributed by atoms with Gasteiger partial charge in [-0.25, -0.2) is 13.2 Å². The second-order valence-electron chi connectivity index (χ2n) is 2.32. The molecular weight excluding hydrogens is 205 g/mol. The van der Waals surface area contributed by atoms with Crippen molar-refractivity contribution < 1.29 is 18.0 Å². The second kappa shape index (κ2) is 3.79. The minimum absolute atomic E-state index is 0.187. The maximum Gasteiger partial charge on any atom is 0.264 e. The largest absolute Gasteiger partial charge is 0.298 e. The lowest BCUT2D eigenvalue weighted by atomic mass is 10.1. The van der Waals surface area contributed by atoms with Crippen molar-refractivity contribution in [2.24, 2.45) is 0 Å². The van der Waals surface area contributed by atoms with E-state index in [1.165, 1.54) is 0 Å². The van der Waals surface area contributed by atoms with Crippen LogP contribution in [0.25, 0.3) is 0 Å². The zero-order valence-corrected chi connectivity index (χ0v) is 6.99. The Morgan fingerprint density at radius 3 is 2.38 bits per heavy atom. The van der Waals surface area contributed by atoms with Gasteiger partial charge in [0.1, 0.15) is 5.82 Å². The fourth-order valence-corrected chi connectivity index (χ4v) is 1.10. The summed E-state index contributed by atoms with van der Waals surface area (Å²) in [6, 6.07) is 1.47. The van der Waals surface area contributed by atoms with E-state index in [0.29, 0.717) is 6.07 Å². The van der Waals surface area contributed by atoms with Gasteiger partial charge in [0, 0.05) is 5.56 Å². The van der Waals surface area contributed by atoms with Gasteiger partial charge in [-0.2, -0.15) is 0 Å². The number of halogens is 4. The molecule has 5 heteroatoms. The van der Waals surface area contributed by atoms with Crippen LogP contribution in [0.5, 0.6) is 0 Å². The highest BCUT2D eigenvalue weighted by Crippen LogP contribution is 2.26. The highest BCUT2D eigenvalue weighted by atomic mass is 35.5. The number of alkyl halides is 2. The standard InChI is InChI=1S/C8H4ClF3O/c9-6-1-4(8(11)12)2-7(10)5(6)3-13/h1-3,8H. The maximum absolute atomic E-state index is 12.8. The summed E-state index contributed by atoms with van der Waals surface area (Å²) in [5, 5.41) is -0.301. The molecule has 0 atom stereocenters. The van der Waals surface area contributed by atoms with Gasteiger partial charge in [-0.1, -0.05) is 11.6 Å². The summed E-state index contributed by atoms with van der Waals surface area (Å²) in [6.07, 6.45) is -2.61. The second-order valence-corrected chi connectivity index (χ2v) is 2.72. The van der Waals surface area contributed by atoms with Crippen LogP contribution in [0.1, 0.15) is 22.3 Å². The van der Waals surface area contributed by atoms with Crippen LogP contribution in [-0.4, -0.2) is 6.29 Å². The summed E-state index contributed by atoms with van der Waals surface area (Å²) >= 11 is 5.37. The van der Waals surface area contributed by atoms with Crippen molar-refractivity contribution in [3.8, 4) is 0 Å². The normalized spacial score (nSPS) is 10.5. The molecule has 13 heavy (non-hydrogen) atoms. The summed E-state index contributed by atoms with van der Waals surface area (Å²) < 4.78 is 36.9. The number of carbonyl (C=O) groups is 1. The molecule has 1 nitrogen and oxygen atoms in total. The van der Waals surface area contributed by atoms with Gasteiger partial charge in [0.25, 0.3) is 6.43 Å². The van der Waals surface area contributed by atoms with Crippen LogP contribution in [0.3, 0.4) is 0 Å². The lowest BCUT2D eigenvalue weighted by Gasteiger charge is -2.03. The molecular formula is C8H4ClF3O. The van der Waals surface area contributed by atoms with Crippen molar-refractivity contribution in [1.29, 1.82) is 0 Å². The van der Waals surface area contributed by atoms with E-state index >= 15 is 0 Å². The van der Waals surface area contributed by atoms with Crippen molar-refractivity contribution in [3.05, 3.63) is 34.1 Å². The van der Waals surface area contributed by atoms with Crippen LogP contribution in [0, 0.1) is 5.82 Å². The molecule has 0 aliphatic rings. The Morgan fingerprint density at radius 1 is 1.38 bits per heavy atom. The maximum atomic E-state index is 12.8. The van der Waals surface area contributed by atoms with Crippen molar-refractivity contribution >= 4 is 17.9 Å². The molecule has 0 saturated heterocycles. The van der Waals surface area contributed by atoms with Gasteiger partial charge in [0.15, 0.2) is 6.29 Å². The third kappa shape index (κ3) is 2.01. The van der Waals surface area contributed by atoms with Crippen molar-refractivity contribution in [2.45, 2.75) is 6.43 Å². The van der Waals surface area contributed by atoms with Crippen LogP contribution >= 0.6 is 11.6 Å². The topological polar surface area (TPSA) is 17.1 Å².